The lowest BCUT2D eigenvalue weighted by Gasteiger charge is -2.26. The quantitative estimate of drug-likeness (QED) is 0.575. The molecule has 3 aromatic rings. The minimum absolute atomic E-state index is 0.102. The zero-order valence-corrected chi connectivity index (χ0v) is 15.2. The van der Waals surface area contributed by atoms with Gasteiger partial charge in [-0.2, -0.15) is 0 Å². The van der Waals surface area contributed by atoms with Crippen molar-refractivity contribution in [1.29, 1.82) is 0 Å². The Bertz CT molecular complexity index is 920. The number of rotatable bonds is 5. The van der Waals surface area contributed by atoms with Gasteiger partial charge in [-0.25, -0.2) is 0 Å². The predicted octanol–water partition coefficient (Wildman–Crippen LogP) is 5.42. The molecule has 0 atom stereocenters. The summed E-state index contributed by atoms with van der Waals surface area (Å²) in [7, 11) is 3.30. The lowest BCUT2D eigenvalue weighted by Crippen LogP contribution is -2.12. The van der Waals surface area contributed by atoms with Crippen LogP contribution in [-0.2, 0) is 0 Å². The van der Waals surface area contributed by atoms with Gasteiger partial charge in [0.25, 0.3) is 0 Å². The van der Waals surface area contributed by atoms with Crippen molar-refractivity contribution >= 4 is 27.2 Å². The number of methoxy groups -OCH3 is 2. The fourth-order valence-corrected chi connectivity index (χ4v) is 4.65. The molecule has 1 fully saturated rings. The molecule has 0 saturated heterocycles. The fraction of sp³-hybridized carbons (Fsp3) is 0.286. The number of benzene rings is 2. The molecule has 4 rings (SSSR count). The van der Waals surface area contributed by atoms with E-state index in [4.69, 9.17) is 9.47 Å². The summed E-state index contributed by atoms with van der Waals surface area (Å²) in [5, 5.41) is 1.20. The average Bonchev–Trinajstić information content (AvgIpc) is 2.98. The van der Waals surface area contributed by atoms with Gasteiger partial charge in [-0.1, -0.05) is 6.42 Å². The van der Waals surface area contributed by atoms with Crippen molar-refractivity contribution in [3.05, 3.63) is 58.5 Å². The molecule has 0 radical (unpaired) electrons. The Morgan fingerprint density at radius 3 is 2.28 bits per heavy atom. The Balaban J connectivity index is 1.82. The molecule has 1 saturated carbocycles. The lowest BCUT2D eigenvalue weighted by molar-refractivity contribution is 0.104. The van der Waals surface area contributed by atoms with E-state index in [9.17, 15) is 4.79 Å². The third kappa shape index (κ3) is 2.81. The maximum absolute atomic E-state index is 13.2. The number of hydrogen-bond acceptors (Lipinski definition) is 4. The van der Waals surface area contributed by atoms with Gasteiger partial charge in [-0.3, -0.25) is 4.79 Å². The van der Waals surface area contributed by atoms with E-state index in [1.54, 1.807) is 25.6 Å². The highest BCUT2D eigenvalue weighted by atomic mass is 32.1. The van der Waals surface area contributed by atoms with Gasteiger partial charge >= 0.3 is 0 Å². The smallest absolute Gasteiger partial charge is 0.203 e. The summed E-state index contributed by atoms with van der Waals surface area (Å²) in [6.07, 6.45) is 3.58. The van der Waals surface area contributed by atoms with E-state index in [2.05, 4.69) is 6.07 Å². The minimum Gasteiger partial charge on any atom is -0.497 e. The van der Waals surface area contributed by atoms with Gasteiger partial charge in [0.15, 0.2) is 0 Å². The van der Waals surface area contributed by atoms with Crippen LogP contribution in [0.2, 0.25) is 0 Å². The van der Waals surface area contributed by atoms with E-state index in [1.165, 1.54) is 30.2 Å². The normalized spacial score (nSPS) is 14.3. The first-order chi connectivity index (χ1) is 12.2. The van der Waals surface area contributed by atoms with E-state index in [-0.39, 0.29) is 5.78 Å². The van der Waals surface area contributed by atoms with Gasteiger partial charge in [0.1, 0.15) is 11.5 Å². The van der Waals surface area contributed by atoms with Crippen molar-refractivity contribution in [1.82, 2.24) is 0 Å². The Hall–Kier alpha value is -2.33. The zero-order valence-electron chi connectivity index (χ0n) is 14.4. The summed E-state index contributed by atoms with van der Waals surface area (Å²) >= 11 is 1.58. The topological polar surface area (TPSA) is 35.5 Å². The van der Waals surface area contributed by atoms with Crippen molar-refractivity contribution in [2.45, 2.75) is 25.2 Å². The van der Waals surface area contributed by atoms with Crippen LogP contribution in [0.3, 0.4) is 0 Å². The van der Waals surface area contributed by atoms with Crippen LogP contribution in [0, 0.1) is 0 Å². The molecule has 0 spiro atoms. The second-order valence-corrected chi connectivity index (χ2v) is 7.44. The van der Waals surface area contributed by atoms with Gasteiger partial charge in [-0.15, -0.1) is 11.3 Å². The average molecular weight is 352 g/mol. The van der Waals surface area contributed by atoms with Crippen LogP contribution in [-0.4, -0.2) is 20.0 Å². The van der Waals surface area contributed by atoms with Crippen LogP contribution in [0.15, 0.2) is 42.5 Å². The second kappa shape index (κ2) is 6.52. The molecule has 3 nitrogen and oxygen atoms in total. The standard InChI is InChI=1S/C21H20O3S/c1-23-15-8-6-14(7-9-15)20(22)21-19(13-4-3-5-13)17-11-10-16(24-2)12-18(17)25-21/h6-13H,3-5H2,1-2H3. The van der Waals surface area contributed by atoms with E-state index in [0.717, 1.165) is 21.1 Å². The van der Waals surface area contributed by atoms with Crippen LogP contribution < -0.4 is 9.47 Å². The van der Waals surface area contributed by atoms with Gasteiger partial charge in [0.05, 0.1) is 19.1 Å². The van der Waals surface area contributed by atoms with Crippen LogP contribution >= 0.6 is 11.3 Å². The largest absolute Gasteiger partial charge is 0.497 e. The minimum atomic E-state index is 0.102. The summed E-state index contributed by atoms with van der Waals surface area (Å²) < 4.78 is 11.7. The molecule has 1 aliphatic rings. The third-order valence-electron chi connectivity index (χ3n) is 5.01. The van der Waals surface area contributed by atoms with Crippen LogP contribution in [0.5, 0.6) is 11.5 Å². The molecule has 1 aromatic heterocycles. The maximum Gasteiger partial charge on any atom is 0.203 e. The summed E-state index contributed by atoms with van der Waals surface area (Å²) in [4.78, 5) is 14.0. The van der Waals surface area contributed by atoms with E-state index in [1.807, 2.05) is 36.4 Å². The summed E-state index contributed by atoms with van der Waals surface area (Å²) in [5.74, 6) is 2.19. The van der Waals surface area contributed by atoms with Gasteiger partial charge in [0, 0.05) is 10.3 Å². The number of ketones is 1. The Morgan fingerprint density at radius 2 is 1.68 bits per heavy atom. The fourth-order valence-electron chi connectivity index (χ4n) is 3.37. The van der Waals surface area contributed by atoms with Crippen molar-refractivity contribution in [3.8, 4) is 11.5 Å². The number of fused-ring (bicyclic) bond motifs is 1. The summed E-state index contributed by atoms with van der Waals surface area (Å²) in [6.45, 7) is 0. The number of carbonyl (C=O) groups is 1. The highest BCUT2D eigenvalue weighted by Crippen LogP contribution is 2.46. The maximum atomic E-state index is 13.2. The molecule has 2 aromatic carbocycles. The molecule has 0 bridgehead atoms. The first-order valence-electron chi connectivity index (χ1n) is 8.50. The highest BCUT2D eigenvalue weighted by molar-refractivity contribution is 7.21. The van der Waals surface area contributed by atoms with E-state index < -0.39 is 0 Å². The molecule has 0 unspecified atom stereocenters. The van der Waals surface area contributed by atoms with Crippen molar-refractivity contribution in [2.75, 3.05) is 14.2 Å². The number of ether oxygens (including phenoxy) is 2. The molecule has 0 N–H and O–H groups in total. The first-order valence-corrected chi connectivity index (χ1v) is 9.32. The number of carbonyl (C=O) groups excluding carboxylic acids is 1. The molecule has 4 heteroatoms. The SMILES string of the molecule is COc1ccc(C(=O)c2sc3cc(OC)ccc3c2C2CCC2)cc1. The van der Waals surface area contributed by atoms with E-state index in [0.29, 0.717) is 11.5 Å². The lowest BCUT2D eigenvalue weighted by atomic mass is 9.78. The molecule has 1 heterocycles. The predicted molar refractivity (Wildman–Crippen MR) is 101 cm³/mol. The summed E-state index contributed by atoms with van der Waals surface area (Å²) in [5.41, 5.74) is 1.94. The Morgan fingerprint density at radius 1 is 1.00 bits per heavy atom. The molecule has 0 amide bonds. The monoisotopic (exact) mass is 352 g/mol. The first kappa shape index (κ1) is 16.2. The third-order valence-corrected chi connectivity index (χ3v) is 6.17. The van der Waals surface area contributed by atoms with Crippen LogP contribution in [0.1, 0.15) is 46.0 Å². The Labute approximate surface area is 151 Å². The van der Waals surface area contributed by atoms with Crippen LogP contribution in [0.4, 0.5) is 0 Å². The summed E-state index contributed by atoms with van der Waals surface area (Å²) in [6, 6.07) is 13.5. The number of hydrogen-bond donors (Lipinski definition) is 0. The molecule has 0 aliphatic heterocycles. The second-order valence-electron chi connectivity index (χ2n) is 6.39. The molecule has 25 heavy (non-hydrogen) atoms. The molecular weight excluding hydrogens is 332 g/mol. The van der Waals surface area contributed by atoms with Crippen molar-refractivity contribution < 1.29 is 14.3 Å². The number of thiophene rings is 1. The molecule has 1 aliphatic carbocycles. The molecule has 128 valence electrons. The van der Waals surface area contributed by atoms with Gasteiger partial charge in [-0.05, 0) is 72.2 Å². The highest BCUT2D eigenvalue weighted by Gasteiger charge is 2.29. The van der Waals surface area contributed by atoms with Crippen molar-refractivity contribution in [2.24, 2.45) is 0 Å². The zero-order chi connectivity index (χ0) is 17.4. The van der Waals surface area contributed by atoms with Gasteiger partial charge in [0.2, 0.25) is 5.78 Å². The van der Waals surface area contributed by atoms with Crippen LogP contribution in [0.25, 0.3) is 10.1 Å². The van der Waals surface area contributed by atoms with Gasteiger partial charge < -0.3 is 9.47 Å². The van der Waals surface area contributed by atoms with Crippen molar-refractivity contribution in [3.63, 3.8) is 0 Å². The molecular formula is C21H20O3S. The Kier molecular flexibility index (Phi) is 4.22. The van der Waals surface area contributed by atoms with E-state index >= 15 is 0 Å².